The molecule has 2 aromatic carbocycles. The summed E-state index contributed by atoms with van der Waals surface area (Å²) < 4.78 is 0. The van der Waals surface area contributed by atoms with Gasteiger partial charge < -0.3 is 10.7 Å². The van der Waals surface area contributed by atoms with Crippen molar-refractivity contribution in [2.45, 2.75) is 0 Å². The van der Waals surface area contributed by atoms with E-state index >= 15 is 0 Å². The van der Waals surface area contributed by atoms with E-state index in [1.54, 1.807) is 42.5 Å². The van der Waals surface area contributed by atoms with Crippen LogP contribution in [0, 0.1) is 0 Å². The minimum absolute atomic E-state index is 0.0625. The topological polar surface area (TPSA) is 130 Å². The van der Waals surface area contributed by atoms with Crippen molar-refractivity contribution in [1.29, 1.82) is 0 Å². The van der Waals surface area contributed by atoms with Crippen LogP contribution in [-0.4, -0.2) is 21.8 Å². The second kappa shape index (κ2) is 7.25. The van der Waals surface area contributed by atoms with Crippen molar-refractivity contribution in [3.63, 3.8) is 0 Å². The lowest BCUT2D eigenvalue weighted by Gasteiger charge is -2.11. The van der Waals surface area contributed by atoms with E-state index in [1.165, 1.54) is 12.4 Å². The van der Waals surface area contributed by atoms with Gasteiger partial charge in [0.1, 0.15) is 5.56 Å². The Kier molecular flexibility index (Phi) is 4.61. The molecule has 5 N–H and O–H groups in total. The molecule has 4 aromatic rings. The summed E-state index contributed by atoms with van der Waals surface area (Å²) in [6.45, 7) is 0. The Hall–Kier alpha value is -3.91. The lowest BCUT2D eigenvalue weighted by molar-refractivity contribution is 0.0846. The van der Waals surface area contributed by atoms with E-state index in [1.807, 2.05) is 0 Å². The maximum Gasteiger partial charge on any atom is 0.275 e. The van der Waals surface area contributed by atoms with Gasteiger partial charge in [0.2, 0.25) is 5.43 Å². The lowest BCUT2D eigenvalue weighted by Crippen LogP contribution is -2.43. The molecule has 0 aliphatic heterocycles. The van der Waals surface area contributed by atoms with Gasteiger partial charge in [0.25, 0.3) is 11.8 Å². The molecule has 0 atom stereocenters. The molecule has 2 aromatic heterocycles. The Labute approximate surface area is 168 Å². The number of halogens is 1. The average molecular weight is 408 g/mol. The number of para-hydroxylation sites is 1. The lowest BCUT2D eigenvalue weighted by atomic mass is 10.1. The second-order valence-electron chi connectivity index (χ2n) is 6.23. The summed E-state index contributed by atoms with van der Waals surface area (Å²) in [4.78, 5) is 44.4. The van der Waals surface area contributed by atoms with Crippen LogP contribution in [0.1, 0.15) is 20.7 Å². The molecule has 9 heteroatoms. The number of carbonyl (C=O) groups excluding carboxylic acids is 2. The Morgan fingerprint density at radius 3 is 2.52 bits per heavy atom. The molecule has 0 bridgehead atoms. The predicted octanol–water partition coefficient (Wildman–Crippen LogP) is 2.39. The maximum atomic E-state index is 12.5. The van der Waals surface area contributed by atoms with Gasteiger partial charge in [-0.2, -0.15) is 0 Å². The van der Waals surface area contributed by atoms with E-state index in [2.05, 4.69) is 20.8 Å². The molecule has 0 radical (unpaired) electrons. The van der Waals surface area contributed by atoms with Crippen LogP contribution < -0.4 is 22.0 Å². The number of anilines is 1. The largest absolute Gasteiger partial charge is 0.397 e. The fourth-order valence-electron chi connectivity index (χ4n) is 2.95. The van der Waals surface area contributed by atoms with Crippen molar-refractivity contribution in [3.8, 4) is 0 Å². The highest BCUT2D eigenvalue weighted by molar-refractivity contribution is 6.31. The third-order valence-corrected chi connectivity index (χ3v) is 4.67. The van der Waals surface area contributed by atoms with Crippen LogP contribution in [0.3, 0.4) is 0 Å². The van der Waals surface area contributed by atoms with Crippen LogP contribution >= 0.6 is 11.6 Å². The van der Waals surface area contributed by atoms with E-state index in [9.17, 15) is 14.4 Å². The summed E-state index contributed by atoms with van der Waals surface area (Å²) in [5.74, 6) is -1.44. The van der Waals surface area contributed by atoms with Gasteiger partial charge >= 0.3 is 0 Å². The number of hydrogen-bond acceptors (Lipinski definition) is 5. The summed E-state index contributed by atoms with van der Waals surface area (Å²) in [6, 6.07) is 11.7. The number of aromatic amines is 1. The third-order valence-electron chi connectivity index (χ3n) is 4.44. The molecule has 0 fully saturated rings. The summed E-state index contributed by atoms with van der Waals surface area (Å²) in [6.07, 6.45) is 2.59. The first kappa shape index (κ1) is 18.5. The molecule has 8 nitrogen and oxygen atoms in total. The zero-order valence-electron chi connectivity index (χ0n) is 14.8. The van der Waals surface area contributed by atoms with Crippen molar-refractivity contribution in [3.05, 3.63) is 81.2 Å². The third kappa shape index (κ3) is 3.37. The number of nitrogens with two attached hydrogens (primary N) is 1. The van der Waals surface area contributed by atoms with Gasteiger partial charge in [0.15, 0.2) is 0 Å². The number of carbonyl (C=O) groups is 2. The van der Waals surface area contributed by atoms with Crippen molar-refractivity contribution in [2.24, 2.45) is 0 Å². The minimum atomic E-state index is -0.763. The molecule has 144 valence electrons. The SMILES string of the molecule is Nc1c(C(=O)NNC(=O)c2c[nH]c3ccccc3c2=O)cnc2ccc(Cl)cc12. The van der Waals surface area contributed by atoms with E-state index in [4.69, 9.17) is 17.3 Å². The number of hydrogen-bond donors (Lipinski definition) is 4. The van der Waals surface area contributed by atoms with Crippen LogP contribution in [0.15, 0.2) is 59.7 Å². The molecule has 2 heterocycles. The predicted molar refractivity (Wildman–Crippen MR) is 111 cm³/mol. The maximum absolute atomic E-state index is 12.5. The highest BCUT2D eigenvalue weighted by Gasteiger charge is 2.17. The number of nitrogens with zero attached hydrogens (tertiary/aromatic N) is 1. The number of fused-ring (bicyclic) bond motifs is 2. The molecule has 2 amide bonds. The van der Waals surface area contributed by atoms with Crippen LogP contribution in [0.4, 0.5) is 5.69 Å². The monoisotopic (exact) mass is 407 g/mol. The number of pyridine rings is 2. The number of nitrogens with one attached hydrogen (secondary N) is 3. The van der Waals surface area contributed by atoms with Crippen LogP contribution in [-0.2, 0) is 0 Å². The van der Waals surface area contributed by atoms with Gasteiger partial charge in [-0.05, 0) is 30.3 Å². The van der Waals surface area contributed by atoms with Gasteiger partial charge in [-0.3, -0.25) is 30.2 Å². The summed E-state index contributed by atoms with van der Waals surface area (Å²) in [7, 11) is 0. The molecule has 0 spiro atoms. The standard InChI is InChI=1S/C20H14ClN5O3/c21-10-5-6-16-12(7-10)17(22)13(8-23-16)19(28)25-26-20(29)14-9-24-15-4-2-1-3-11(15)18(14)27/h1-9H,(H2,22,23)(H,24,27)(H,25,28)(H,26,29). The van der Waals surface area contributed by atoms with Crippen molar-refractivity contribution in [1.82, 2.24) is 20.8 Å². The Morgan fingerprint density at radius 1 is 1.00 bits per heavy atom. The number of rotatable bonds is 2. The van der Waals surface area contributed by atoms with Gasteiger partial charge in [-0.25, -0.2) is 0 Å². The molecule has 0 unspecified atom stereocenters. The molecular weight excluding hydrogens is 394 g/mol. The van der Waals surface area contributed by atoms with Crippen LogP contribution in [0.25, 0.3) is 21.8 Å². The van der Waals surface area contributed by atoms with Crippen LogP contribution in [0.2, 0.25) is 5.02 Å². The van der Waals surface area contributed by atoms with Gasteiger partial charge in [-0.1, -0.05) is 23.7 Å². The Balaban J connectivity index is 1.56. The van der Waals surface area contributed by atoms with Gasteiger partial charge in [0.05, 0.1) is 16.8 Å². The first-order valence-corrected chi connectivity index (χ1v) is 8.88. The Bertz CT molecular complexity index is 1350. The van der Waals surface area contributed by atoms with E-state index in [-0.39, 0.29) is 16.8 Å². The van der Waals surface area contributed by atoms with Crippen molar-refractivity contribution in [2.75, 3.05) is 5.73 Å². The molecule has 0 aliphatic rings. The average Bonchev–Trinajstić information content (AvgIpc) is 2.73. The van der Waals surface area contributed by atoms with Gasteiger partial charge in [-0.15, -0.1) is 0 Å². The van der Waals surface area contributed by atoms with Crippen molar-refractivity contribution < 1.29 is 9.59 Å². The quantitative estimate of drug-likeness (QED) is 0.379. The zero-order valence-corrected chi connectivity index (χ0v) is 15.6. The van der Waals surface area contributed by atoms with E-state index in [0.717, 1.165) is 0 Å². The molecular formula is C20H14ClN5O3. The summed E-state index contributed by atoms with van der Waals surface area (Å²) >= 11 is 5.98. The van der Waals surface area contributed by atoms with E-state index < -0.39 is 17.2 Å². The fourth-order valence-corrected chi connectivity index (χ4v) is 3.12. The number of aromatic nitrogens is 2. The minimum Gasteiger partial charge on any atom is -0.397 e. The second-order valence-corrected chi connectivity index (χ2v) is 6.67. The smallest absolute Gasteiger partial charge is 0.275 e. The Morgan fingerprint density at radius 2 is 1.72 bits per heavy atom. The molecule has 0 saturated carbocycles. The fraction of sp³-hybridized carbons (Fsp3) is 0. The first-order chi connectivity index (χ1) is 14.0. The van der Waals surface area contributed by atoms with Gasteiger partial charge in [0, 0.05) is 33.7 Å². The number of amides is 2. The first-order valence-electron chi connectivity index (χ1n) is 8.50. The summed E-state index contributed by atoms with van der Waals surface area (Å²) in [5.41, 5.74) is 11.4. The molecule has 0 saturated heterocycles. The van der Waals surface area contributed by atoms with Crippen LogP contribution in [0.5, 0.6) is 0 Å². The van der Waals surface area contributed by atoms with E-state index in [0.29, 0.717) is 26.8 Å². The number of hydrazine groups is 1. The number of H-pyrrole nitrogens is 1. The zero-order chi connectivity index (χ0) is 20.5. The molecule has 29 heavy (non-hydrogen) atoms. The highest BCUT2D eigenvalue weighted by Crippen LogP contribution is 2.25. The molecule has 0 aliphatic carbocycles. The number of benzene rings is 2. The summed E-state index contributed by atoms with van der Waals surface area (Å²) in [5, 5.41) is 1.33. The number of nitrogen functional groups attached to an aromatic ring is 1. The highest BCUT2D eigenvalue weighted by atomic mass is 35.5. The molecule has 4 rings (SSSR count). The normalized spacial score (nSPS) is 10.8. The van der Waals surface area contributed by atoms with Crippen molar-refractivity contribution >= 4 is 50.9 Å².